The van der Waals surface area contributed by atoms with E-state index in [4.69, 9.17) is 9.84 Å². The lowest BCUT2D eigenvalue weighted by atomic mass is 10.0. The van der Waals surface area contributed by atoms with Crippen molar-refractivity contribution < 1.29 is 14.6 Å². The van der Waals surface area contributed by atoms with Crippen LogP contribution >= 0.6 is 0 Å². The Bertz CT molecular complexity index is 379. The summed E-state index contributed by atoms with van der Waals surface area (Å²) in [6, 6.07) is 7.58. The van der Waals surface area contributed by atoms with Crippen molar-refractivity contribution >= 4 is 5.91 Å². The summed E-state index contributed by atoms with van der Waals surface area (Å²) in [6.07, 6.45) is 0.819. The van der Waals surface area contributed by atoms with Crippen molar-refractivity contribution in [1.82, 2.24) is 4.90 Å². The van der Waals surface area contributed by atoms with Gasteiger partial charge in [0.15, 0.2) is 0 Å². The maximum atomic E-state index is 12.4. The first-order valence-electron chi connectivity index (χ1n) is 6.21. The zero-order valence-corrected chi connectivity index (χ0v) is 11.1. The molecule has 0 radical (unpaired) electrons. The minimum Gasteiger partial charge on any atom is -0.395 e. The maximum Gasteiger partial charge on any atom is 0.254 e. The van der Waals surface area contributed by atoms with E-state index in [1.54, 1.807) is 12.0 Å². The number of nitrogens with zero attached hydrogens (tertiary/aromatic N) is 1. The lowest BCUT2D eigenvalue weighted by Crippen LogP contribution is -2.36. The summed E-state index contributed by atoms with van der Waals surface area (Å²) < 4.78 is 4.99. The summed E-state index contributed by atoms with van der Waals surface area (Å²) in [5.41, 5.74) is 1.74. The van der Waals surface area contributed by atoms with E-state index in [1.165, 1.54) is 0 Å². The first kappa shape index (κ1) is 14.7. The summed E-state index contributed by atoms with van der Waals surface area (Å²) in [6.45, 7) is 3.29. The molecule has 100 valence electrons. The second kappa shape index (κ2) is 7.84. The summed E-state index contributed by atoms with van der Waals surface area (Å²) in [4.78, 5) is 14.0. The SMILES string of the molecule is CCc1ccccc1C(=O)N(CCO)CCOC. The third kappa shape index (κ3) is 3.82. The van der Waals surface area contributed by atoms with Crippen LogP contribution in [0.25, 0.3) is 0 Å². The molecule has 1 rings (SSSR count). The number of amides is 1. The fourth-order valence-electron chi connectivity index (χ4n) is 1.84. The molecule has 4 nitrogen and oxygen atoms in total. The summed E-state index contributed by atoms with van der Waals surface area (Å²) in [5.74, 6) is -0.0430. The van der Waals surface area contributed by atoms with Crippen molar-refractivity contribution in [2.45, 2.75) is 13.3 Å². The largest absolute Gasteiger partial charge is 0.395 e. The summed E-state index contributed by atoms with van der Waals surface area (Å²) >= 11 is 0. The highest BCUT2D eigenvalue weighted by Gasteiger charge is 2.17. The Morgan fingerprint density at radius 1 is 1.33 bits per heavy atom. The maximum absolute atomic E-state index is 12.4. The molecule has 0 aliphatic carbocycles. The normalized spacial score (nSPS) is 10.4. The van der Waals surface area contributed by atoms with E-state index in [9.17, 15) is 4.79 Å². The Kier molecular flexibility index (Phi) is 6.39. The van der Waals surface area contributed by atoms with Crippen molar-refractivity contribution in [3.05, 3.63) is 35.4 Å². The Morgan fingerprint density at radius 3 is 2.67 bits per heavy atom. The third-order valence-corrected chi connectivity index (χ3v) is 2.85. The molecule has 1 aromatic carbocycles. The van der Waals surface area contributed by atoms with Crippen molar-refractivity contribution in [1.29, 1.82) is 0 Å². The fourth-order valence-corrected chi connectivity index (χ4v) is 1.84. The van der Waals surface area contributed by atoms with E-state index in [0.29, 0.717) is 25.3 Å². The van der Waals surface area contributed by atoms with Gasteiger partial charge in [0, 0.05) is 25.8 Å². The molecule has 0 aliphatic rings. The number of carbonyl (C=O) groups is 1. The first-order valence-corrected chi connectivity index (χ1v) is 6.21. The van der Waals surface area contributed by atoms with Crippen LogP contribution in [-0.2, 0) is 11.2 Å². The highest BCUT2D eigenvalue weighted by atomic mass is 16.5. The average molecular weight is 251 g/mol. The van der Waals surface area contributed by atoms with E-state index in [1.807, 2.05) is 31.2 Å². The predicted molar refractivity (Wildman–Crippen MR) is 70.7 cm³/mol. The molecular weight excluding hydrogens is 230 g/mol. The molecule has 1 aromatic rings. The van der Waals surface area contributed by atoms with Crippen molar-refractivity contribution in [2.24, 2.45) is 0 Å². The van der Waals surface area contributed by atoms with Gasteiger partial charge < -0.3 is 14.7 Å². The van der Waals surface area contributed by atoms with Crippen LogP contribution in [0.4, 0.5) is 0 Å². The molecule has 0 aliphatic heterocycles. The van der Waals surface area contributed by atoms with Gasteiger partial charge in [-0.1, -0.05) is 25.1 Å². The molecule has 0 saturated heterocycles. The Morgan fingerprint density at radius 2 is 2.06 bits per heavy atom. The number of ether oxygens (including phenoxy) is 1. The van der Waals surface area contributed by atoms with Gasteiger partial charge >= 0.3 is 0 Å². The summed E-state index contributed by atoms with van der Waals surface area (Å²) in [7, 11) is 1.60. The van der Waals surface area contributed by atoms with E-state index >= 15 is 0 Å². The molecule has 18 heavy (non-hydrogen) atoms. The molecule has 0 atom stereocenters. The monoisotopic (exact) mass is 251 g/mol. The van der Waals surface area contributed by atoms with Crippen LogP contribution in [0.15, 0.2) is 24.3 Å². The Balaban J connectivity index is 2.86. The number of rotatable bonds is 7. The smallest absolute Gasteiger partial charge is 0.254 e. The van der Waals surface area contributed by atoms with Crippen LogP contribution < -0.4 is 0 Å². The van der Waals surface area contributed by atoms with Gasteiger partial charge in [-0.2, -0.15) is 0 Å². The average Bonchev–Trinajstić information content (AvgIpc) is 2.42. The van der Waals surface area contributed by atoms with Gasteiger partial charge in [0.1, 0.15) is 0 Å². The molecule has 4 heteroatoms. The number of hydrogen-bond acceptors (Lipinski definition) is 3. The second-order valence-corrected chi connectivity index (χ2v) is 4.02. The number of carbonyl (C=O) groups excluding carboxylic acids is 1. The van der Waals surface area contributed by atoms with Gasteiger partial charge in [-0.15, -0.1) is 0 Å². The third-order valence-electron chi connectivity index (χ3n) is 2.85. The molecule has 0 fully saturated rings. The zero-order valence-electron chi connectivity index (χ0n) is 11.1. The molecule has 0 heterocycles. The minimum atomic E-state index is -0.0430. The van der Waals surface area contributed by atoms with Crippen LogP contribution in [0.1, 0.15) is 22.8 Å². The van der Waals surface area contributed by atoms with E-state index in [0.717, 1.165) is 12.0 Å². The molecular formula is C14H21NO3. The van der Waals surface area contributed by atoms with Gasteiger partial charge in [0.25, 0.3) is 5.91 Å². The van der Waals surface area contributed by atoms with Crippen molar-refractivity contribution in [3.8, 4) is 0 Å². The topological polar surface area (TPSA) is 49.8 Å². The van der Waals surface area contributed by atoms with Crippen LogP contribution in [0, 0.1) is 0 Å². The second-order valence-electron chi connectivity index (χ2n) is 4.02. The Hall–Kier alpha value is -1.39. The van der Waals surface area contributed by atoms with Crippen LogP contribution in [-0.4, -0.2) is 49.3 Å². The first-order chi connectivity index (χ1) is 8.74. The quantitative estimate of drug-likeness (QED) is 0.795. The highest BCUT2D eigenvalue weighted by Crippen LogP contribution is 2.12. The fraction of sp³-hybridized carbons (Fsp3) is 0.500. The molecule has 1 amide bonds. The number of aryl methyl sites for hydroxylation is 1. The minimum absolute atomic E-state index is 0.0380. The van der Waals surface area contributed by atoms with Crippen LogP contribution in [0.5, 0.6) is 0 Å². The zero-order chi connectivity index (χ0) is 13.4. The summed E-state index contributed by atoms with van der Waals surface area (Å²) in [5, 5.41) is 9.02. The molecule has 0 aromatic heterocycles. The molecule has 0 spiro atoms. The number of aliphatic hydroxyl groups is 1. The number of benzene rings is 1. The van der Waals surface area contributed by atoms with Crippen LogP contribution in [0.2, 0.25) is 0 Å². The van der Waals surface area contributed by atoms with E-state index in [-0.39, 0.29) is 12.5 Å². The lowest BCUT2D eigenvalue weighted by Gasteiger charge is -2.22. The van der Waals surface area contributed by atoms with Crippen molar-refractivity contribution in [2.75, 3.05) is 33.4 Å². The number of methoxy groups -OCH3 is 1. The molecule has 0 bridgehead atoms. The molecule has 1 N–H and O–H groups in total. The van der Waals surface area contributed by atoms with Gasteiger partial charge in [-0.3, -0.25) is 4.79 Å². The predicted octanol–water partition coefficient (Wildman–Crippen LogP) is 1.33. The standard InChI is InChI=1S/C14H21NO3/c1-3-12-6-4-5-7-13(12)14(17)15(8-10-16)9-11-18-2/h4-7,16H,3,8-11H2,1-2H3. The van der Waals surface area contributed by atoms with Gasteiger partial charge in [-0.25, -0.2) is 0 Å². The van der Waals surface area contributed by atoms with Gasteiger partial charge in [0.05, 0.1) is 13.2 Å². The van der Waals surface area contributed by atoms with E-state index < -0.39 is 0 Å². The molecule has 0 unspecified atom stereocenters. The van der Waals surface area contributed by atoms with Crippen LogP contribution in [0.3, 0.4) is 0 Å². The molecule has 0 saturated carbocycles. The van der Waals surface area contributed by atoms with Crippen molar-refractivity contribution in [3.63, 3.8) is 0 Å². The van der Waals surface area contributed by atoms with E-state index in [2.05, 4.69) is 0 Å². The highest BCUT2D eigenvalue weighted by molar-refractivity contribution is 5.95. The lowest BCUT2D eigenvalue weighted by molar-refractivity contribution is 0.0655. The number of aliphatic hydroxyl groups excluding tert-OH is 1. The van der Waals surface area contributed by atoms with Gasteiger partial charge in [-0.05, 0) is 18.1 Å². The Labute approximate surface area is 108 Å². The van der Waals surface area contributed by atoms with Gasteiger partial charge in [0.2, 0.25) is 0 Å². The number of hydrogen-bond donors (Lipinski definition) is 1.